The van der Waals surface area contributed by atoms with E-state index in [1.54, 1.807) is 0 Å². The Balaban J connectivity index is 2.12. The van der Waals surface area contributed by atoms with Crippen molar-refractivity contribution in [1.29, 1.82) is 0 Å². The lowest BCUT2D eigenvalue weighted by molar-refractivity contribution is 0.217. The molecule has 0 saturated carbocycles. The number of hydrogen-bond donors (Lipinski definition) is 0. The summed E-state index contributed by atoms with van der Waals surface area (Å²) in [4.78, 5) is 0. The number of rotatable bonds is 5. The zero-order valence-electron chi connectivity index (χ0n) is 12.0. The topological polar surface area (TPSA) is 9.23 Å². The molecule has 0 radical (unpaired) electrons. The van der Waals surface area contributed by atoms with Gasteiger partial charge in [0.1, 0.15) is 5.75 Å². The molecule has 0 aromatic heterocycles. The Kier molecular flexibility index (Phi) is 4.62. The maximum Gasteiger partial charge on any atom is 0.119 e. The van der Waals surface area contributed by atoms with Gasteiger partial charge in [0.05, 0.1) is 6.10 Å². The van der Waals surface area contributed by atoms with Crippen LogP contribution in [-0.2, 0) is 6.42 Å². The van der Waals surface area contributed by atoms with Crippen LogP contribution >= 0.6 is 0 Å². The molecule has 0 amide bonds. The average Bonchev–Trinajstić information content (AvgIpc) is 2.48. The molecule has 19 heavy (non-hydrogen) atoms. The van der Waals surface area contributed by atoms with Gasteiger partial charge in [-0.2, -0.15) is 0 Å². The van der Waals surface area contributed by atoms with E-state index in [2.05, 4.69) is 69.3 Å². The van der Waals surface area contributed by atoms with Gasteiger partial charge >= 0.3 is 0 Å². The van der Waals surface area contributed by atoms with Crippen molar-refractivity contribution in [3.63, 3.8) is 0 Å². The first-order valence-electron chi connectivity index (χ1n) is 7.09. The van der Waals surface area contributed by atoms with Crippen LogP contribution in [0.1, 0.15) is 32.8 Å². The minimum atomic E-state index is 0.273. The van der Waals surface area contributed by atoms with Gasteiger partial charge in [0.25, 0.3) is 0 Å². The standard InChI is InChI=1S/C18H22O/c1-4-14(3)19-18-12-10-17(11-13-18)16-8-6-15(5-2)7-9-16/h6-14H,4-5H2,1-3H3. The molecular formula is C18H22O. The van der Waals surface area contributed by atoms with Crippen LogP contribution < -0.4 is 4.74 Å². The molecule has 0 spiro atoms. The molecule has 0 bridgehead atoms. The summed E-state index contributed by atoms with van der Waals surface area (Å²) >= 11 is 0. The summed E-state index contributed by atoms with van der Waals surface area (Å²) in [6.45, 7) is 6.40. The lowest BCUT2D eigenvalue weighted by Crippen LogP contribution is -2.09. The van der Waals surface area contributed by atoms with Gasteiger partial charge in [-0.1, -0.05) is 50.2 Å². The number of aryl methyl sites for hydroxylation is 1. The van der Waals surface area contributed by atoms with E-state index in [0.29, 0.717) is 0 Å². The number of hydrogen-bond acceptors (Lipinski definition) is 1. The average molecular weight is 254 g/mol. The molecule has 0 fully saturated rings. The highest BCUT2D eigenvalue weighted by Gasteiger charge is 2.02. The molecule has 1 nitrogen and oxygen atoms in total. The summed E-state index contributed by atoms with van der Waals surface area (Å²) in [5.74, 6) is 0.947. The summed E-state index contributed by atoms with van der Waals surface area (Å²) in [7, 11) is 0. The van der Waals surface area contributed by atoms with Crippen LogP contribution in [0.5, 0.6) is 5.75 Å². The summed E-state index contributed by atoms with van der Waals surface area (Å²) in [6, 6.07) is 17.1. The van der Waals surface area contributed by atoms with Gasteiger partial charge in [-0.25, -0.2) is 0 Å². The molecule has 0 saturated heterocycles. The van der Waals surface area contributed by atoms with Gasteiger partial charge in [-0.15, -0.1) is 0 Å². The molecule has 2 aromatic rings. The lowest BCUT2D eigenvalue weighted by Gasteiger charge is -2.12. The Bertz CT molecular complexity index is 496. The van der Waals surface area contributed by atoms with Crippen LogP contribution in [0, 0.1) is 0 Å². The third-order valence-electron chi connectivity index (χ3n) is 3.46. The van der Waals surface area contributed by atoms with E-state index in [1.165, 1.54) is 16.7 Å². The van der Waals surface area contributed by atoms with Crippen molar-refractivity contribution in [1.82, 2.24) is 0 Å². The minimum Gasteiger partial charge on any atom is -0.491 e. The third kappa shape index (κ3) is 3.60. The zero-order chi connectivity index (χ0) is 13.7. The van der Waals surface area contributed by atoms with Crippen molar-refractivity contribution >= 4 is 0 Å². The first-order chi connectivity index (χ1) is 9.22. The molecule has 1 atom stereocenters. The second-order valence-electron chi connectivity index (χ2n) is 4.91. The van der Waals surface area contributed by atoms with Crippen molar-refractivity contribution < 1.29 is 4.74 Å². The van der Waals surface area contributed by atoms with Crippen LogP contribution in [0.3, 0.4) is 0 Å². The highest BCUT2D eigenvalue weighted by atomic mass is 16.5. The Morgan fingerprint density at radius 3 is 1.84 bits per heavy atom. The van der Waals surface area contributed by atoms with Crippen LogP contribution in [0.15, 0.2) is 48.5 Å². The first-order valence-corrected chi connectivity index (χ1v) is 7.09. The summed E-state index contributed by atoms with van der Waals surface area (Å²) < 4.78 is 5.79. The lowest BCUT2D eigenvalue weighted by atomic mass is 10.0. The molecular weight excluding hydrogens is 232 g/mol. The smallest absolute Gasteiger partial charge is 0.119 e. The predicted molar refractivity (Wildman–Crippen MR) is 81.6 cm³/mol. The van der Waals surface area contributed by atoms with Gasteiger partial charge < -0.3 is 4.74 Å². The fourth-order valence-corrected chi connectivity index (χ4v) is 1.97. The van der Waals surface area contributed by atoms with E-state index in [9.17, 15) is 0 Å². The Morgan fingerprint density at radius 2 is 1.37 bits per heavy atom. The van der Waals surface area contributed by atoms with Gasteiger partial charge in [-0.05, 0) is 48.6 Å². The fraction of sp³-hybridized carbons (Fsp3) is 0.333. The number of ether oxygens (including phenoxy) is 1. The predicted octanol–water partition coefficient (Wildman–Crippen LogP) is 5.09. The first kappa shape index (κ1) is 13.7. The molecule has 0 aliphatic carbocycles. The monoisotopic (exact) mass is 254 g/mol. The van der Waals surface area contributed by atoms with Crippen LogP contribution in [0.2, 0.25) is 0 Å². The maximum atomic E-state index is 5.79. The highest BCUT2D eigenvalue weighted by Crippen LogP contribution is 2.23. The molecule has 100 valence electrons. The summed E-state index contributed by atoms with van der Waals surface area (Å²) in [6.07, 6.45) is 2.39. The second kappa shape index (κ2) is 6.42. The molecule has 0 aliphatic rings. The van der Waals surface area contributed by atoms with E-state index >= 15 is 0 Å². The summed E-state index contributed by atoms with van der Waals surface area (Å²) in [5, 5.41) is 0. The maximum absolute atomic E-state index is 5.79. The van der Waals surface area contributed by atoms with Crippen molar-refractivity contribution in [2.75, 3.05) is 0 Å². The Labute approximate surface area is 116 Å². The van der Waals surface area contributed by atoms with E-state index in [4.69, 9.17) is 4.74 Å². The highest BCUT2D eigenvalue weighted by molar-refractivity contribution is 5.64. The second-order valence-corrected chi connectivity index (χ2v) is 4.91. The molecule has 0 heterocycles. The number of benzene rings is 2. The fourth-order valence-electron chi connectivity index (χ4n) is 1.97. The molecule has 2 rings (SSSR count). The molecule has 2 aromatic carbocycles. The third-order valence-corrected chi connectivity index (χ3v) is 3.46. The van der Waals surface area contributed by atoms with Gasteiger partial charge in [0.15, 0.2) is 0 Å². The van der Waals surface area contributed by atoms with E-state index in [0.717, 1.165) is 18.6 Å². The molecule has 1 unspecified atom stereocenters. The van der Waals surface area contributed by atoms with Crippen LogP contribution in [-0.4, -0.2) is 6.10 Å². The van der Waals surface area contributed by atoms with Crippen LogP contribution in [0.4, 0.5) is 0 Å². The van der Waals surface area contributed by atoms with Gasteiger partial charge in [-0.3, -0.25) is 0 Å². The largest absolute Gasteiger partial charge is 0.491 e. The zero-order valence-corrected chi connectivity index (χ0v) is 12.0. The molecule has 0 N–H and O–H groups in total. The van der Waals surface area contributed by atoms with Crippen molar-refractivity contribution in [2.45, 2.75) is 39.7 Å². The SMILES string of the molecule is CCc1ccc(-c2ccc(OC(C)CC)cc2)cc1. The Hall–Kier alpha value is -1.76. The van der Waals surface area contributed by atoms with Gasteiger partial charge in [0.2, 0.25) is 0 Å². The van der Waals surface area contributed by atoms with Crippen molar-refractivity contribution in [3.05, 3.63) is 54.1 Å². The quantitative estimate of drug-likeness (QED) is 0.722. The van der Waals surface area contributed by atoms with E-state index < -0.39 is 0 Å². The van der Waals surface area contributed by atoms with Crippen molar-refractivity contribution in [2.24, 2.45) is 0 Å². The Morgan fingerprint density at radius 1 is 0.842 bits per heavy atom. The van der Waals surface area contributed by atoms with Gasteiger partial charge in [0, 0.05) is 0 Å². The normalized spacial score (nSPS) is 12.2. The summed E-state index contributed by atoms with van der Waals surface area (Å²) in [5.41, 5.74) is 3.87. The minimum absolute atomic E-state index is 0.273. The molecule has 1 heteroatoms. The van der Waals surface area contributed by atoms with E-state index in [1.807, 2.05) is 0 Å². The van der Waals surface area contributed by atoms with Crippen LogP contribution in [0.25, 0.3) is 11.1 Å². The van der Waals surface area contributed by atoms with E-state index in [-0.39, 0.29) is 6.10 Å². The molecule has 0 aliphatic heterocycles. The van der Waals surface area contributed by atoms with Crippen molar-refractivity contribution in [3.8, 4) is 16.9 Å².